The summed E-state index contributed by atoms with van der Waals surface area (Å²) in [6.07, 6.45) is 1.45. The van der Waals surface area contributed by atoms with Gasteiger partial charge in [-0.3, -0.25) is 9.89 Å². The molecule has 0 aliphatic heterocycles. The van der Waals surface area contributed by atoms with Gasteiger partial charge in [-0.2, -0.15) is 5.10 Å². The number of hydrogen-bond donors (Lipinski definition) is 2. The molecule has 1 heterocycles. The number of carbonyl (C=O) groups excluding carboxylic acids is 1. The largest absolute Gasteiger partial charge is 0.383 e. The van der Waals surface area contributed by atoms with Gasteiger partial charge in [0.25, 0.3) is 5.91 Å². The van der Waals surface area contributed by atoms with E-state index in [1.54, 1.807) is 19.2 Å². The molecule has 106 valence electrons. The fraction of sp³-hybridized carbons (Fsp3) is 0.286. The third kappa shape index (κ3) is 3.21. The molecule has 1 aromatic heterocycles. The second-order valence-electron chi connectivity index (χ2n) is 4.50. The number of carbonyl (C=O) groups is 1. The Hall–Kier alpha value is -2.21. The normalized spacial score (nSPS) is 12.2. The summed E-state index contributed by atoms with van der Waals surface area (Å²) in [4.78, 5) is 12.2. The molecule has 0 saturated heterocycles. The highest BCUT2D eigenvalue weighted by atomic mass is 19.1. The summed E-state index contributed by atoms with van der Waals surface area (Å²) in [5, 5.41) is 9.45. The van der Waals surface area contributed by atoms with Crippen LogP contribution in [0.5, 0.6) is 0 Å². The van der Waals surface area contributed by atoms with Crippen molar-refractivity contribution in [1.29, 1.82) is 0 Å². The molecule has 1 unspecified atom stereocenters. The van der Waals surface area contributed by atoms with Crippen LogP contribution < -0.4 is 5.32 Å². The Morgan fingerprint density at radius 1 is 1.45 bits per heavy atom. The Morgan fingerprint density at radius 2 is 2.15 bits per heavy atom. The summed E-state index contributed by atoms with van der Waals surface area (Å²) < 4.78 is 17.9. The van der Waals surface area contributed by atoms with E-state index in [-0.39, 0.29) is 17.8 Å². The number of rotatable bonds is 5. The van der Waals surface area contributed by atoms with Gasteiger partial charge < -0.3 is 10.1 Å². The van der Waals surface area contributed by atoms with Crippen molar-refractivity contribution in [3.8, 4) is 11.3 Å². The number of aromatic nitrogens is 2. The standard InChI is InChI=1S/C14H16FN3O2/c1-9(8-20-2)17-14(19)12-7-16-18-13(12)10-3-5-11(15)6-4-10/h3-7,9H,8H2,1-2H3,(H,16,18)(H,17,19). The van der Waals surface area contributed by atoms with Crippen molar-refractivity contribution >= 4 is 5.91 Å². The molecule has 0 saturated carbocycles. The fourth-order valence-electron chi connectivity index (χ4n) is 1.89. The topological polar surface area (TPSA) is 67.0 Å². The number of benzene rings is 1. The lowest BCUT2D eigenvalue weighted by atomic mass is 10.1. The highest BCUT2D eigenvalue weighted by molar-refractivity contribution is 5.99. The Labute approximate surface area is 116 Å². The van der Waals surface area contributed by atoms with Gasteiger partial charge in [0.2, 0.25) is 0 Å². The van der Waals surface area contributed by atoms with Crippen molar-refractivity contribution in [3.63, 3.8) is 0 Å². The van der Waals surface area contributed by atoms with E-state index in [1.165, 1.54) is 18.3 Å². The van der Waals surface area contributed by atoms with Crippen LogP contribution in [0.2, 0.25) is 0 Å². The molecule has 2 rings (SSSR count). The Kier molecular flexibility index (Phi) is 4.47. The fourth-order valence-corrected chi connectivity index (χ4v) is 1.89. The zero-order valence-corrected chi connectivity index (χ0v) is 11.3. The molecule has 1 atom stereocenters. The smallest absolute Gasteiger partial charge is 0.255 e. The van der Waals surface area contributed by atoms with Gasteiger partial charge in [-0.25, -0.2) is 4.39 Å². The number of ether oxygens (including phenoxy) is 1. The van der Waals surface area contributed by atoms with E-state index in [0.29, 0.717) is 23.4 Å². The summed E-state index contributed by atoms with van der Waals surface area (Å²) in [5.41, 5.74) is 1.68. The van der Waals surface area contributed by atoms with E-state index >= 15 is 0 Å². The maximum Gasteiger partial charge on any atom is 0.255 e. The highest BCUT2D eigenvalue weighted by Gasteiger charge is 2.16. The minimum atomic E-state index is -0.326. The average molecular weight is 277 g/mol. The van der Waals surface area contributed by atoms with Crippen LogP contribution in [0.3, 0.4) is 0 Å². The monoisotopic (exact) mass is 277 g/mol. The van der Waals surface area contributed by atoms with E-state index in [1.807, 2.05) is 6.92 Å². The second-order valence-corrected chi connectivity index (χ2v) is 4.50. The van der Waals surface area contributed by atoms with E-state index in [4.69, 9.17) is 4.74 Å². The van der Waals surface area contributed by atoms with Crippen LogP contribution in [0.15, 0.2) is 30.5 Å². The lowest BCUT2D eigenvalue weighted by Gasteiger charge is -2.12. The minimum absolute atomic E-state index is 0.108. The molecule has 6 heteroatoms. The molecule has 0 spiro atoms. The van der Waals surface area contributed by atoms with E-state index in [9.17, 15) is 9.18 Å². The molecule has 0 bridgehead atoms. The summed E-state index contributed by atoms with van der Waals surface area (Å²) in [5.74, 6) is -0.574. The first-order valence-corrected chi connectivity index (χ1v) is 6.21. The third-order valence-corrected chi connectivity index (χ3v) is 2.81. The van der Waals surface area contributed by atoms with Crippen LogP contribution in [-0.2, 0) is 4.74 Å². The highest BCUT2D eigenvalue weighted by Crippen LogP contribution is 2.21. The number of halogens is 1. The Bertz CT molecular complexity index is 580. The quantitative estimate of drug-likeness (QED) is 0.878. The molecular weight excluding hydrogens is 261 g/mol. The van der Waals surface area contributed by atoms with Gasteiger partial charge in [-0.1, -0.05) is 0 Å². The predicted octanol–water partition coefficient (Wildman–Crippen LogP) is 1.98. The maximum absolute atomic E-state index is 12.9. The van der Waals surface area contributed by atoms with Gasteiger partial charge in [0.1, 0.15) is 5.82 Å². The van der Waals surface area contributed by atoms with Gasteiger partial charge in [0.05, 0.1) is 24.1 Å². The molecule has 2 N–H and O–H groups in total. The van der Waals surface area contributed by atoms with Crippen LogP contribution in [-0.4, -0.2) is 35.9 Å². The van der Waals surface area contributed by atoms with Crippen molar-refractivity contribution < 1.29 is 13.9 Å². The summed E-state index contributed by atoms with van der Waals surface area (Å²) in [6, 6.07) is 5.76. The molecule has 0 aliphatic rings. The zero-order valence-electron chi connectivity index (χ0n) is 11.3. The van der Waals surface area contributed by atoms with Gasteiger partial charge in [-0.05, 0) is 31.2 Å². The SMILES string of the molecule is COCC(C)NC(=O)c1cn[nH]c1-c1ccc(F)cc1. The molecule has 2 aromatic rings. The summed E-state index contributed by atoms with van der Waals surface area (Å²) in [7, 11) is 1.57. The lowest BCUT2D eigenvalue weighted by molar-refractivity contribution is 0.0906. The number of nitrogens with zero attached hydrogens (tertiary/aromatic N) is 1. The zero-order chi connectivity index (χ0) is 14.5. The van der Waals surface area contributed by atoms with Crippen LogP contribution >= 0.6 is 0 Å². The number of amides is 1. The first-order chi connectivity index (χ1) is 9.61. The molecule has 0 aliphatic carbocycles. The Morgan fingerprint density at radius 3 is 2.80 bits per heavy atom. The molecule has 1 amide bonds. The van der Waals surface area contributed by atoms with Gasteiger partial charge in [0, 0.05) is 18.7 Å². The van der Waals surface area contributed by atoms with Gasteiger partial charge in [-0.15, -0.1) is 0 Å². The number of nitrogens with one attached hydrogen (secondary N) is 2. The predicted molar refractivity (Wildman–Crippen MR) is 72.8 cm³/mol. The summed E-state index contributed by atoms with van der Waals surface area (Å²) >= 11 is 0. The molecular formula is C14H16FN3O2. The van der Waals surface area contributed by atoms with Gasteiger partial charge >= 0.3 is 0 Å². The van der Waals surface area contributed by atoms with E-state index < -0.39 is 0 Å². The molecule has 0 fully saturated rings. The van der Waals surface area contributed by atoms with E-state index in [2.05, 4.69) is 15.5 Å². The number of aromatic amines is 1. The third-order valence-electron chi connectivity index (χ3n) is 2.81. The number of H-pyrrole nitrogens is 1. The van der Waals surface area contributed by atoms with Crippen molar-refractivity contribution in [2.75, 3.05) is 13.7 Å². The number of methoxy groups -OCH3 is 1. The van der Waals surface area contributed by atoms with Crippen molar-refractivity contribution in [3.05, 3.63) is 41.8 Å². The Balaban J connectivity index is 2.20. The van der Waals surface area contributed by atoms with Crippen LogP contribution in [0.25, 0.3) is 11.3 Å². The molecule has 5 nitrogen and oxygen atoms in total. The first-order valence-electron chi connectivity index (χ1n) is 6.21. The molecule has 1 aromatic carbocycles. The van der Waals surface area contributed by atoms with Crippen molar-refractivity contribution in [1.82, 2.24) is 15.5 Å². The van der Waals surface area contributed by atoms with Crippen LogP contribution in [0, 0.1) is 5.82 Å². The van der Waals surface area contributed by atoms with Crippen molar-refractivity contribution in [2.24, 2.45) is 0 Å². The van der Waals surface area contributed by atoms with Gasteiger partial charge in [0.15, 0.2) is 0 Å². The maximum atomic E-state index is 12.9. The molecule has 20 heavy (non-hydrogen) atoms. The number of hydrogen-bond acceptors (Lipinski definition) is 3. The summed E-state index contributed by atoms with van der Waals surface area (Å²) in [6.45, 7) is 2.27. The average Bonchev–Trinajstić information content (AvgIpc) is 2.89. The molecule has 0 radical (unpaired) electrons. The second kappa shape index (κ2) is 6.29. The minimum Gasteiger partial charge on any atom is -0.383 e. The lowest BCUT2D eigenvalue weighted by Crippen LogP contribution is -2.35. The first kappa shape index (κ1) is 14.2. The van der Waals surface area contributed by atoms with Crippen LogP contribution in [0.4, 0.5) is 4.39 Å². The van der Waals surface area contributed by atoms with Crippen molar-refractivity contribution in [2.45, 2.75) is 13.0 Å². The van der Waals surface area contributed by atoms with Crippen LogP contribution in [0.1, 0.15) is 17.3 Å². The van der Waals surface area contributed by atoms with E-state index in [0.717, 1.165) is 0 Å².